The normalized spacial score (nSPS) is 19.6. The Morgan fingerprint density at radius 3 is 2.88 bits per heavy atom. The van der Waals surface area contributed by atoms with Crippen LogP contribution in [-0.4, -0.2) is 41.8 Å². The van der Waals surface area contributed by atoms with Crippen LogP contribution < -0.4 is 5.43 Å². The summed E-state index contributed by atoms with van der Waals surface area (Å²) >= 11 is 6.33. The van der Waals surface area contributed by atoms with Crippen molar-refractivity contribution in [3.05, 3.63) is 40.1 Å². The smallest absolute Gasteiger partial charge is 0.274 e. The van der Waals surface area contributed by atoms with Gasteiger partial charge in [0.15, 0.2) is 9.84 Å². The van der Waals surface area contributed by atoms with Gasteiger partial charge in [0.05, 0.1) is 46.8 Å². The molecule has 1 atom stereocenters. The molecule has 0 bridgehead atoms. The molecule has 1 aliphatic heterocycles. The van der Waals surface area contributed by atoms with Crippen molar-refractivity contribution in [1.29, 1.82) is 0 Å². The Balaban J connectivity index is 1.75. The van der Waals surface area contributed by atoms with Crippen LogP contribution >= 0.6 is 11.6 Å². The van der Waals surface area contributed by atoms with Gasteiger partial charge in [-0.25, -0.2) is 18.5 Å². The SMILES string of the molecule is Cc1nn([C@@H]2CCS(=O)(=O)C2)c(Cl)c1/C=N\NC(=O)c1ccoc1C. The van der Waals surface area contributed by atoms with Gasteiger partial charge >= 0.3 is 0 Å². The molecule has 10 heteroatoms. The van der Waals surface area contributed by atoms with Crippen LogP contribution in [-0.2, 0) is 9.84 Å². The number of carbonyl (C=O) groups is 1. The molecule has 0 aliphatic carbocycles. The van der Waals surface area contributed by atoms with Crippen LogP contribution in [0.15, 0.2) is 21.8 Å². The number of hydrazone groups is 1. The third kappa shape index (κ3) is 3.62. The highest BCUT2D eigenvalue weighted by atomic mass is 35.5. The van der Waals surface area contributed by atoms with E-state index in [1.165, 1.54) is 17.2 Å². The number of amides is 1. The van der Waals surface area contributed by atoms with Crippen LogP contribution in [0.3, 0.4) is 0 Å². The molecule has 1 aliphatic rings. The maximum Gasteiger partial charge on any atom is 0.274 e. The number of halogens is 1. The molecule has 1 fully saturated rings. The Morgan fingerprint density at radius 2 is 2.28 bits per heavy atom. The summed E-state index contributed by atoms with van der Waals surface area (Å²) in [5.74, 6) is 0.264. The van der Waals surface area contributed by atoms with Gasteiger partial charge in [-0.3, -0.25) is 4.79 Å². The number of hydrogen-bond acceptors (Lipinski definition) is 6. The van der Waals surface area contributed by atoms with E-state index in [9.17, 15) is 13.2 Å². The molecule has 25 heavy (non-hydrogen) atoms. The van der Waals surface area contributed by atoms with Crippen molar-refractivity contribution in [3.63, 3.8) is 0 Å². The molecule has 2 aromatic rings. The molecule has 2 aromatic heterocycles. The molecule has 8 nitrogen and oxygen atoms in total. The Kier molecular flexibility index (Phi) is 4.70. The fourth-order valence-electron chi connectivity index (χ4n) is 2.73. The Bertz CT molecular complexity index is 945. The predicted octanol–water partition coefficient (Wildman–Crippen LogP) is 1.87. The lowest BCUT2D eigenvalue weighted by Gasteiger charge is -2.09. The summed E-state index contributed by atoms with van der Waals surface area (Å²) in [7, 11) is -3.04. The van der Waals surface area contributed by atoms with E-state index in [1.54, 1.807) is 19.9 Å². The number of aromatic nitrogens is 2. The van der Waals surface area contributed by atoms with Crippen LogP contribution in [0.4, 0.5) is 0 Å². The molecular formula is C15H17ClN4O4S. The Labute approximate surface area is 149 Å². The van der Waals surface area contributed by atoms with Gasteiger partial charge in [0.2, 0.25) is 0 Å². The third-order valence-corrected chi connectivity index (χ3v) is 6.22. The van der Waals surface area contributed by atoms with E-state index in [4.69, 9.17) is 16.0 Å². The summed E-state index contributed by atoms with van der Waals surface area (Å²) in [4.78, 5) is 12.0. The standard InChI is InChI=1S/C15H17ClN4O4S/c1-9-13(7-17-18-15(21)12-3-5-24-10(12)2)14(16)20(19-9)11-4-6-25(22,23)8-11/h3,5,7,11H,4,6,8H2,1-2H3,(H,18,21)/b17-7-/t11-/m1/s1. The maximum atomic E-state index is 12.0. The molecule has 134 valence electrons. The number of carbonyl (C=O) groups excluding carboxylic acids is 1. The second kappa shape index (κ2) is 6.64. The number of nitrogens with zero attached hydrogens (tertiary/aromatic N) is 3. The number of rotatable bonds is 4. The van der Waals surface area contributed by atoms with Crippen molar-refractivity contribution in [2.24, 2.45) is 5.10 Å². The fourth-order valence-corrected chi connectivity index (χ4v) is 4.78. The minimum atomic E-state index is -3.04. The molecule has 0 saturated carbocycles. The van der Waals surface area contributed by atoms with E-state index in [1.807, 2.05) is 0 Å². The Morgan fingerprint density at radius 1 is 1.52 bits per heavy atom. The van der Waals surface area contributed by atoms with Gasteiger partial charge in [0, 0.05) is 0 Å². The minimum absolute atomic E-state index is 0.0287. The zero-order valence-corrected chi connectivity index (χ0v) is 15.3. The first-order valence-corrected chi connectivity index (χ1v) is 9.81. The van der Waals surface area contributed by atoms with E-state index >= 15 is 0 Å². The van der Waals surface area contributed by atoms with Crippen molar-refractivity contribution in [1.82, 2.24) is 15.2 Å². The monoisotopic (exact) mass is 384 g/mol. The lowest BCUT2D eigenvalue weighted by Crippen LogP contribution is -2.17. The van der Waals surface area contributed by atoms with E-state index < -0.39 is 15.7 Å². The molecule has 0 radical (unpaired) electrons. The highest BCUT2D eigenvalue weighted by Crippen LogP contribution is 2.29. The highest BCUT2D eigenvalue weighted by Gasteiger charge is 2.31. The van der Waals surface area contributed by atoms with Gasteiger partial charge < -0.3 is 4.42 Å². The zero-order valence-electron chi connectivity index (χ0n) is 13.7. The van der Waals surface area contributed by atoms with Crippen LogP contribution in [0.2, 0.25) is 5.15 Å². The van der Waals surface area contributed by atoms with Gasteiger partial charge in [-0.1, -0.05) is 11.6 Å². The highest BCUT2D eigenvalue weighted by molar-refractivity contribution is 7.91. The second-order valence-electron chi connectivity index (χ2n) is 5.88. The first-order chi connectivity index (χ1) is 11.8. The number of nitrogens with one attached hydrogen (secondary N) is 1. The zero-order chi connectivity index (χ0) is 18.2. The van der Waals surface area contributed by atoms with Crippen molar-refractivity contribution < 1.29 is 17.6 Å². The van der Waals surface area contributed by atoms with Crippen LogP contribution in [0.5, 0.6) is 0 Å². The van der Waals surface area contributed by atoms with E-state index in [0.29, 0.717) is 34.2 Å². The molecule has 1 amide bonds. The van der Waals surface area contributed by atoms with Crippen LogP contribution in [0, 0.1) is 13.8 Å². The number of hydrogen-bond donors (Lipinski definition) is 1. The van der Waals surface area contributed by atoms with E-state index in [0.717, 1.165) is 0 Å². The number of furan rings is 1. The summed E-state index contributed by atoms with van der Waals surface area (Å²) in [6.45, 7) is 3.43. The maximum absolute atomic E-state index is 12.0. The second-order valence-corrected chi connectivity index (χ2v) is 8.47. The summed E-state index contributed by atoms with van der Waals surface area (Å²) in [5.41, 5.74) is 3.94. The molecule has 3 heterocycles. The van der Waals surface area contributed by atoms with E-state index in [-0.39, 0.29) is 17.5 Å². The summed E-state index contributed by atoms with van der Waals surface area (Å²) in [6, 6.07) is 1.28. The molecular weight excluding hydrogens is 368 g/mol. The van der Waals surface area contributed by atoms with Gasteiger partial charge in [-0.15, -0.1) is 0 Å². The minimum Gasteiger partial charge on any atom is -0.469 e. The summed E-state index contributed by atoms with van der Waals surface area (Å²) in [5, 5.41) is 8.53. The van der Waals surface area contributed by atoms with Gasteiger partial charge in [0.1, 0.15) is 10.9 Å². The first-order valence-electron chi connectivity index (χ1n) is 7.61. The number of sulfone groups is 1. The van der Waals surface area contributed by atoms with E-state index in [2.05, 4.69) is 15.6 Å². The molecule has 0 aromatic carbocycles. The van der Waals surface area contributed by atoms with Crippen molar-refractivity contribution in [2.45, 2.75) is 26.3 Å². The van der Waals surface area contributed by atoms with Gasteiger partial charge in [-0.05, 0) is 26.3 Å². The largest absolute Gasteiger partial charge is 0.469 e. The molecule has 0 spiro atoms. The number of aryl methyl sites for hydroxylation is 2. The average Bonchev–Trinajstić information content (AvgIpc) is 3.20. The fraction of sp³-hybridized carbons (Fsp3) is 0.400. The summed E-state index contributed by atoms with van der Waals surface area (Å²) < 4.78 is 29.9. The molecule has 0 unspecified atom stereocenters. The quantitative estimate of drug-likeness (QED) is 0.639. The average molecular weight is 385 g/mol. The third-order valence-electron chi connectivity index (χ3n) is 4.09. The topological polar surface area (TPSA) is 107 Å². The van der Waals surface area contributed by atoms with Crippen molar-refractivity contribution >= 4 is 33.6 Å². The van der Waals surface area contributed by atoms with Crippen LogP contribution in [0.25, 0.3) is 0 Å². The van der Waals surface area contributed by atoms with Gasteiger partial charge in [-0.2, -0.15) is 10.2 Å². The predicted molar refractivity (Wildman–Crippen MR) is 92.8 cm³/mol. The lowest BCUT2D eigenvalue weighted by atomic mass is 10.2. The Hall–Kier alpha value is -2.13. The molecule has 1 saturated heterocycles. The van der Waals surface area contributed by atoms with Gasteiger partial charge in [0.25, 0.3) is 5.91 Å². The lowest BCUT2D eigenvalue weighted by molar-refractivity contribution is 0.0953. The molecule has 1 N–H and O–H groups in total. The van der Waals surface area contributed by atoms with Crippen molar-refractivity contribution in [3.8, 4) is 0 Å². The summed E-state index contributed by atoms with van der Waals surface area (Å²) in [6.07, 6.45) is 3.31. The van der Waals surface area contributed by atoms with Crippen molar-refractivity contribution in [2.75, 3.05) is 11.5 Å². The van der Waals surface area contributed by atoms with Crippen LogP contribution in [0.1, 0.15) is 39.8 Å². The molecule has 3 rings (SSSR count). The first kappa shape index (κ1) is 17.7.